The van der Waals surface area contributed by atoms with Gasteiger partial charge in [-0.1, -0.05) is 6.07 Å². The molecule has 0 unspecified atom stereocenters. The van der Waals surface area contributed by atoms with Gasteiger partial charge in [-0.15, -0.1) is 24.0 Å². The van der Waals surface area contributed by atoms with E-state index in [0.717, 1.165) is 61.8 Å². The molecule has 0 aliphatic carbocycles. The summed E-state index contributed by atoms with van der Waals surface area (Å²) >= 11 is 0. The standard InChI is InChI=1S/C19H28FN5.HI/c1-15-14-18(20)7-6-17(15)8-10-24-19(21-3)23-9-4-5-12-25-13-11-22-16(25)2;/h6-7,11,13-14H,4-5,8-10,12H2,1-3H3,(H2,21,23,24);1H. The fourth-order valence-electron chi connectivity index (χ4n) is 2.73. The van der Waals surface area contributed by atoms with Crippen molar-refractivity contribution in [2.24, 2.45) is 4.99 Å². The number of hydrogen-bond acceptors (Lipinski definition) is 2. The maximum absolute atomic E-state index is 13.1. The number of nitrogens with zero attached hydrogens (tertiary/aromatic N) is 3. The monoisotopic (exact) mass is 473 g/mol. The molecule has 0 atom stereocenters. The van der Waals surface area contributed by atoms with Crippen LogP contribution in [-0.2, 0) is 13.0 Å². The van der Waals surface area contributed by atoms with Crippen molar-refractivity contribution in [2.75, 3.05) is 20.1 Å². The van der Waals surface area contributed by atoms with Crippen molar-refractivity contribution in [2.45, 2.75) is 39.7 Å². The molecule has 1 heterocycles. The number of imidazole rings is 1. The summed E-state index contributed by atoms with van der Waals surface area (Å²) in [4.78, 5) is 8.46. The van der Waals surface area contributed by atoms with Crippen LogP contribution in [-0.4, -0.2) is 35.6 Å². The van der Waals surface area contributed by atoms with Gasteiger partial charge in [-0.25, -0.2) is 9.37 Å². The van der Waals surface area contributed by atoms with Gasteiger partial charge in [0.15, 0.2) is 5.96 Å². The summed E-state index contributed by atoms with van der Waals surface area (Å²) in [5.74, 6) is 1.68. The first kappa shape index (κ1) is 22.4. The van der Waals surface area contributed by atoms with Gasteiger partial charge in [0.25, 0.3) is 0 Å². The molecule has 7 heteroatoms. The van der Waals surface area contributed by atoms with E-state index in [1.165, 1.54) is 6.07 Å². The van der Waals surface area contributed by atoms with Gasteiger partial charge in [-0.05, 0) is 56.4 Å². The quantitative estimate of drug-likeness (QED) is 0.267. The van der Waals surface area contributed by atoms with E-state index >= 15 is 0 Å². The zero-order chi connectivity index (χ0) is 18.1. The first-order valence-corrected chi connectivity index (χ1v) is 8.77. The number of benzene rings is 1. The molecule has 0 bridgehead atoms. The minimum atomic E-state index is -0.183. The largest absolute Gasteiger partial charge is 0.356 e. The van der Waals surface area contributed by atoms with Crippen molar-refractivity contribution >= 4 is 29.9 Å². The zero-order valence-electron chi connectivity index (χ0n) is 15.8. The molecule has 0 aliphatic rings. The molecular weight excluding hydrogens is 444 g/mol. The minimum Gasteiger partial charge on any atom is -0.356 e. The average molecular weight is 473 g/mol. The van der Waals surface area contributed by atoms with E-state index in [2.05, 4.69) is 25.2 Å². The van der Waals surface area contributed by atoms with Crippen LogP contribution in [0.2, 0.25) is 0 Å². The maximum Gasteiger partial charge on any atom is 0.190 e. The maximum atomic E-state index is 13.1. The Morgan fingerprint density at radius 1 is 1.19 bits per heavy atom. The third kappa shape index (κ3) is 7.31. The lowest BCUT2D eigenvalue weighted by molar-refractivity contribution is 0.588. The summed E-state index contributed by atoms with van der Waals surface area (Å²) < 4.78 is 15.3. The van der Waals surface area contributed by atoms with Crippen LogP contribution in [0.25, 0.3) is 0 Å². The highest BCUT2D eigenvalue weighted by atomic mass is 127. The molecule has 0 saturated carbocycles. The van der Waals surface area contributed by atoms with Crippen LogP contribution in [0.4, 0.5) is 4.39 Å². The van der Waals surface area contributed by atoms with E-state index in [1.807, 2.05) is 32.3 Å². The molecule has 1 aromatic carbocycles. The summed E-state index contributed by atoms with van der Waals surface area (Å²) in [6.07, 6.45) is 6.85. The average Bonchev–Trinajstić information content (AvgIpc) is 3.00. The number of nitrogens with one attached hydrogen (secondary N) is 2. The number of aromatic nitrogens is 2. The Balaban J connectivity index is 0.00000338. The van der Waals surface area contributed by atoms with Crippen LogP contribution in [0.15, 0.2) is 35.6 Å². The Hall–Kier alpha value is -1.64. The van der Waals surface area contributed by atoms with Crippen molar-refractivity contribution in [3.8, 4) is 0 Å². The van der Waals surface area contributed by atoms with Crippen molar-refractivity contribution in [3.05, 3.63) is 53.4 Å². The first-order chi connectivity index (χ1) is 12.1. The van der Waals surface area contributed by atoms with Crippen LogP contribution in [0.3, 0.4) is 0 Å². The summed E-state index contributed by atoms with van der Waals surface area (Å²) in [6.45, 7) is 6.59. The first-order valence-electron chi connectivity index (χ1n) is 8.77. The normalized spacial score (nSPS) is 11.2. The fraction of sp³-hybridized carbons (Fsp3) is 0.474. The second kappa shape index (κ2) is 11.9. The highest BCUT2D eigenvalue weighted by Crippen LogP contribution is 2.10. The Morgan fingerprint density at radius 2 is 1.96 bits per heavy atom. The van der Waals surface area contributed by atoms with Gasteiger partial charge in [0.1, 0.15) is 11.6 Å². The van der Waals surface area contributed by atoms with E-state index in [4.69, 9.17) is 0 Å². The SMILES string of the molecule is CN=C(NCCCCn1ccnc1C)NCCc1ccc(F)cc1C.I. The number of aryl methyl sites for hydroxylation is 3. The fourth-order valence-corrected chi connectivity index (χ4v) is 2.73. The number of aliphatic imine (C=N–C) groups is 1. The molecule has 2 aromatic rings. The highest BCUT2D eigenvalue weighted by molar-refractivity contribution is 14.0. The van der Waals surface area contributed by atoms with E-state index in [-0.39, 0.29) is 29.8 Å². The van der Waals surface area contributed by atoms with Crippen molar-refractivity contribution in [3.63, 3.8) is 0 Å². The number of rotatable bonds is 8. The molecular formula is C19H29FIN5. The molecule has 0 saturated heterocycles. The predicted molar refractivity (Wildman–Crippen MR) is 116 cm³/mol. The van der Waals surface area contributed by atoms with Gasteiger partial charge in [0.05, 0.1) is 0 Å². The Labute approximate surface area is 172 Å². The molecule has 1 aromatic heterocycles. The van der Waals surface area contributed by atoms with Crippen molar-refractivity contribution < 1.29 is 4.39 Å². The topological polar surface area (TPSA) is 54.2 Å². The van der Waals surface area contributed by atoms with Gasteiger partial charge in [0, 0.05) is 39.1 Å². The second-order valence-electron chi connectivity index (χ2n) is 6.12. The van der Waals surface area contributed by atoms with Crippen LogP contribution in [0, 0.1) is 19.7 Å². The summed E-state index contributed by atoms with van der Waals surface area (Å²) in [5, 5.41) is 6.63. The van der Waals surface area contributed by atoms with Crippen LogP contribution < -0.4 is 10.6 Å². The van der Waals surface area contributed by atoms with Gasteiger partial charge in [-0.3, -0.25) is 4.99 Å². The molecule has 0 spiro atoms. The highest BCUT2D eigenvalue weighted by Gasteiger charge is 2.02. The minimum absolute atomic E-state index is 0. The summed E-state index contributed by atoms with van der Waals surface area (Å²) in [6, 6.07) is 4.93. The lowest BCUT2D eigenvalue weighted by Crippen LogP contribution is -2.38. The third-order valence-electron chi connectivity index (χ3n) is 4.26. The van der Waals surface area contributed by atoms with E-state index < -0.39 is 0 Å². The molecule has 0 amide bonds. The van der Waals surface area contributed by atoms with E-state index in [0.29, 0.717) is 0 Å². The Bertz CT molecular complexity index is 699. The lowest BCUT2D eigenvalue weighted by Gasteiger charge is -2.13. The lowest BCUT2D eigenvalue weighted by atomic mass is 10.1. The molecule has 144 valence electrons. The van der Waals surface area contributed by atoms with Gasteiger partial charge in [-0.2, -0.15) is 0 Å². The molecule has 0 aliphatic heterocycles. The van der Waals surface area contributed by atoms with Crippen LogP contribution >= 0.6 is 24.0 Å². The molecule has 2 rings (SSSR count). The van der Waals surface area contributed by atoms with Crippen molar-refractivity contribution in [1.82, 2.24) is 20.2 Å². The summed E-state index contributed by atoms with van der Waals surface area (Å²) in [7, 11) is 1.77. The number of halogens is 2. The molecule has 0 fully saturated rings. The van der Waals surface area contributed by atoms with Crippen LogP contribution in [0.1, 0.15) is 29.8 Å². The van der Waals surface area contributed by atoms with Gasteiger partial charge >= 0.3 is 0 Å². The number of unbranched alkanes of at least 4 members (excludes halogenated alkanes) is 1. The Kier molecular flexibility index (Phi) is 10.2. The van der Waals surface area contributed by atoms with Gasteiger partial charge < -0.3 is 15.2 Å². The van der Waals surface area contributed by atoms with E-state index in [1.54, 1.807) is 13.1 Å². The smallest absolute Gasteiger partial charge is 0.190 e. The molecule has 5 nitrogen and oxygen atoms in total. The summed E-state index contributed by atoms with van der Waals surface area (Å²) in [5.41, 5.74) is 2.14. The van der Waals surface area contributed by atoms with Crippen molar-refractivity contribution in [1.29, 1.82) is 0 Å². The van der Waals surface area contributed by atoms with E-state index in [9.17, 15) is 4.39 Å². The third-order valence-corrected chi connectivity index (χ3v) is 4.26. The van der Waals surface area contributed by atoms with Gasteiger partial charge in [0.2, 0.25) is 0 Å². The predicted octanol–water partition coefficient (Wildman–Crippen LogP) is 3.44. The van der Waals surface area contributed by atoms with Crippen LogP contribution in [0.5, 0.6) is 0 Å². The molecule has 26 heavy (non-hydrogen) atoms. The second-order valence-corrected chi connectivity index (χ2v) is 6.12. The molecule has 0 radical (unpaired) electrons. The number of guanidine groups is 1. The molecule has 2 N–H and O–H groups in total. The zero-order valence-corrected chi connectivity index (χ0v) is 18.1. The Morgan fingerprint density at radius 3 is 2.62 bits per heavy atom. The number of hydrogen-bond donors (Lipinski definition) is 2.